The maximum absolute atomic E-state index is 5.64. The van der Waals surface area contributed by atoms with Crippen molar-refractivity contribution < 1.29 is 14.0 Å². The maximum Gasteiger partial charge on any atom is 0.506 e. The lowest BCUT2D eigenvalue weighted by molar-refractivity contribution is 0.367. The molecule has 2 rings (SSSR count). The number of nitrogens with one attached hydrogen (secondary N) is 1. The molecule has 0 aliphatic heterocycles. The van der Waals surface area contributed by atoms with Crippen molar-refractivity contribution in [2.45, 2.75) is 0 Å². The van der Waals surface area contributed by atoms with Gasteiger partial charge in [-0.05, 0) is 22.6 Å². The largest absolute Gasteiger partial charge is 0.538 e. The van der Waals surface area contributed by atoms with Crippen LogP contribution in [0.5, 0.6) is 5.75 Å². The van der Waals surface area contributed by atoms with Gasteiger partial charge < -0.3 is 19.2 Å². The minimum atomic E-state index is 0.230. The fourth-order valence-corrected chi connectivity index (χ4v) is 2.64. The first-order valence-corrected chi connectivity index (χ1v) is 6.91. The Labute approximate surface area is 127 Å². The van der Waals surface area contributed by atoms with Crippen molar-refractivity contribution >= 4 is 54.4 Å². The number of rotatable bonds is 6. The lowest BCUT2D eigenvalue weighted by Crippen LogP contribution is -2.11. The summed E-state index contributed by atoms with van der Waals surface area (Å²) in [7, 11) is 3.95. The van der Waals surface area contributed by atoms with Crippen LogP contribution < -0.4 is 9.88 Å². The zero-order chi connectivity index (χ0) is 13.7. The quantitative estimate of drug-likeness (QED) is 0.626. The minimum Gasteiger partial charge on any atom is -0.538 e. The summed E-state index contributed by atoms with van der Waals surface area (Å²) in [5.41, 5.74) is 0.993. The molecule has 0 atom stereocenters. The first kappa shape index (κ1) is 14.5. The average Bonchev–Trinajstić information content (AvgIpc) is 2.45. The zero-order valence-electron chi connectivity index (χ0n) is 10.9. The van der Waals surface area contributed by atoms with Crippen LogP contribution in [0.2, 0.25) is 0 Å². The van der Waals surface area contributed by atoms with Gasteiger partial charge in [0.2, 0.25) is 0 Å². The summed E-state index contributed by atoms with van der Waals surface area (Å²) < 4.78 is 16.8. The molecule has 0 bridgehead atoms. The van der Waals surface area contributed by atoms with Crippen molar-refractivity contribution in [1.82, 2.24) is 0 Å². The van der Waals surface area contributed by atoms with Gasteiger partial charge in [-0.25, -0.2) is 0 Å². The van der Waals surface area contributed by atoms with E-state index in [1.807, 2.05) is 24.3 Å². The summed E-state index contributed by atoms with van der Waals surface area (Å²) in [6, 6.07) is 10.1. The van der Waals surface area contributed by atoms with Gasteiger partial charge in [0.1, 0.15) is 5.75 Å². The highest BCUT2D eigenvalue weighted by atomic mass is 127. The Morgan fingerprint density at radius 3 is 2.53 bits per heavy atom. The molecule has 0 radical (unpaired) electrons. The Morgan fingerprint density at radius 1 is 1.11 bits per heavy atom. The molecule has 0 aliphatic rings. The van der Waals surface area contributed by atoms with Crippen LogP contribution in [0, 0.1) is 3.57 Å². The van der Waals surface area contributed by atoms with Gasteiger partial charge in [0.15, 0.2) is 0 Å². The predicted molar refractivity (Wildman–Crippen MR) is 89.2 cm³/mol. The predicted octanol–water partition coefficient (Wildman–Crippen LogP) is 2.06. The fourth-order valence-electron chi connectivity index (χ4n) is 1.83. The number of hydrogen-bond donors (Lipinski definition) is 1. The third kappa shape index (κ3) is 3.34. The maximum atomic E-state index is 5.64. The number of benzene rings is 2. The second kappa shape index (κ2) is 7.02. The molecule has 0 aromatic heterocycles. The Kier molecular flexibility index (Phi) is 5.35. The van der Waals surface area contributed by atoms with Crippen molar-refractivity contribution in [2.24, 2.45) is 0 Å². The van der Waals surface area contributed by atoms with Crippen LogP contribution in [0.15, 0.2) is 30.3 Å². The second-order valence-electron chi connectivity index (χ2n) is 3.94. The summed E-state index contributed by atoms with van der Waals surface area (Å²) in [6.07, 6.45) is 0. The van der Waals surface area contributed by atoms with E-state index in [9.17, 15) is 0 Å². The van der Waals surface area contributed by atoms with E-state index in [2.05, 4.69) is 33.9 Å². The van der Waals surface area contributed by atoms with Crippen LogP contribution in [-0.2, 0) is 9.31 Å². The summed E-state index contributed by atoms with van der Waals surface area (Å²) in [5.74, 6) is 0.802. The number of halogens is 1. The molecule has 2 aromatic rings. The van der Waals surface area contributed by atoms with Gasteiger partial charge in [-0.15, -0.1) is 0 Å². The summed E-state index contributed by atoms with van der Waals surface area (Å²) in [5, 5.41) is 5.45. The van der Waals surface area contributed by atoms with E-state index >= 15 is 0 Å². The molecule has 98 valence electrons. The molecule has 0 unspecified atom stereocenters. The molecule has 2 aromatic carbocycles. The van der Waals surface area contributed by atoms with Crippen molar-refractivity contribution in [3.8, 4) is 5.75 Å². The van der Waals surface area contributed by atoms with Gasteiger partial charge in [-0.3, -0.25) is 0 Å². The zero-order valence-corrected chi connectivity index (χ0v) is 13.1. The third-order valence-electron chi connectivity index (χ3n) is 2.68. The molecule has 7 heteroatoms. The number of hydrogen-bond acceptors (Lipinski definition) is 4. The first-order valence-electron chi connectivity index (χ1n) is 5.83. The molecule has 4 nitrogen and oxygen atoms in total. The van der Waals surface area contributed by atoms with E-state index in [0.717, 1.165) is 25.8 Å². The number of anilines is 1. The summed E-state index contributed by atoms with van der Waals surface area (Å²) in [6.45, 7) is 0. The molecule has 0 spiro atoms. The van der Waals surface area contributed by atoms with Crippen LogP contribution >= 0.6 is 22.6 Å². The Balaban J connectivity index is 2.48. The van der Waals surface area contributed by atoms with E-state index in [1.54, 1.807) is 14.2 Å². The monoisotopic (exact) mass is 369 g/mol. The molecule has 0 saturated carbocycles. The Hall–Kier alpha value is -0.920. The van der Waals surface area contributed by atoms with E-state index in [4.69, 9.17) is 14.0 Å². The van der Waals surface area contributed by atoms with Gasteiger partial charge in [0, 0.05) is 40.3 Å². The van der Waals surface area contributed by atoms with Gasteiger partial charge >= 0.3 is 15.3 Å². The van der Waals surface area contributed by atoms with E-state index < -0.39 is 0 Å². The normalized spacial score (nSPS) is 10.3. The van der Waals surface area contributed by atoms with Crippen LogP contribution in [0.4, 0.5) is 5.69 Å². The van der Waals surface area contributed by atoms with Gasteiger partial charge in [-0.1, -0.05) is 24.3 Å². The fraction of sp³-hybridized carbons (Fsp3) is 0.167. The summed E-state index contributed by atoms with van der Waals surface area (Å²) >= 11 is 2.33. The molecule has 0 saturated heterocycles. The molecule has 0 amide bonds. The Morgan fingerprint density at radius 2 is 1.84 bits per heavy atom. The van der Waals surface area contributed by atoms with Crippen molar-refractivity contribution in [2.75, 3.05) is 19.4 Å². The highest BCUT2D eigenvalue weighted by Gasteiger charge is 2.11. The average molecular weight is 369 g/mol. The van der Waals surface area contributed by atoms with Crippen LogP contribution in [0.3, 0.4) is 0 Å². The van der Waals surface area contributed by atoms with Crippen LogP contribution in [0.1, 0.15) is 0 Å². The molecule has 0 aliphatic carbocycles. The first-order chi connectivity index (χ1) is 9.27. The Bertz CT molecular complexity index is 568. The topological polar surface area (TPSA) is 39.7 Å². The van der Waals surface area contributed by atoms with Gasteiger partial charge in [-0.2, -0.15) is 0 Å². The van der Waals surface area contributed by atoms with E-state index in [-0.39, 0.29) is 7.69 Å². The lowest BCUT2D eigenvalue weighted by Gasteiger charge is -2.14. The van der Waals surface area contributed by atoms with E-state index in [0.29, 0.717) is 7.62 Å². The summed E-state index contributed by atoms with van der Waals surface area (Å²) in [4.78, 5) is 0. The standard InChI is InChI=1S/C12H14B2INO3/c1-17-13-16-10-7-11(19-14-18-2)8-5-3-4-6-9(8)12(10)15/h3-7,13-14,16H,1-2H3. The highest BCUT2D eigenvalue weighted by Crippen LogP contribution is 2.35. The number of fused-ring (bicyclic) bond motifs is 1. The third-order valence-corrected chi connectivity index (χ3v) is 3.84. The molecular weight excluding hydrogens is 355 g/mol. The van der Waals surface area contributed by atoms with Crippen molar-refractivity contribution in [3.63, 3.8) is 0 Å². The van der Waals surface area contributed by atoms with E-state index in [1.165, 1.54) is 0 Å². The van der Waals surface area contributed by atoms with Crippen molar-refractivity contribution in [1.29, 1.82) is 0 Å². The van der Waals surface area contributed by atoms with Crippen molar-refractivity contribution in [3.05, 3.63) is 33.9 Å². The molecule has 0 heterocycles. The van der Waals surface area contributed by atoms with Gasteiger partial charge in [0.05, 0.1) is 0 Å². The SMILES string of the molecule is COBNc1cc(OBOC)c2ccccc2c1I. The molecule has 19 heavy (non-hydrogen) atoms. The highest BCUT2D eigenvalue weighted by molar-refractivity contribution is 14.1. The molecule has 0 fully saturated rings. The second-order valence-corrected chi connectivity index (χ2v) is 5.02. The van der Waals surface area contributed by atoms with Gasteiger partial charge in [0.25, 0.3) is 0 Å². The molecular formula is C12H14B2INO3. The molecule has 1 N–H and O–H groups in total. The van der Waals surface area contributed by atoms with Crippen LogP contribution in [-0.4, -0.2) is 29.5 Å². The van der Waals surface area contributed by atoms with Crippen LogP contribution in [0.25, 0.3) is 10.8 Å². The lowest BCUT2D eigenvalue weighted by atomic mass is 10.1. The smallest absolute Gasteiger partial charge is 0.506 e. The minimum absolute atomic E-state index is 0.230.